The fourth-order valence-electron chi connectivity index (χ4n) is 4.90. The Morgan fingerprint density at radius 1 is 1.06 bits per heavy atom. The van der Waals surface area contributed by atoms with Crippen LogP contribution in [0.15, 0.2) is 54.7 Å². The largest absolute Gasteiger partial charge is 0.352 e. The molecule has 0 spiro atoms. The van der Waals surface area contributed by atoms with Crippen molar-refractivity contribution in [3.05, 3.63) is 82.0 Å². The smallest absolute Gasteiger partial charge is 0.254 e. The summed E-state index contributed by atoms with van der Waals surface area (Å²) in [5.41, 5.74) is 4.82. The van der Waals surface area contributed by atoms with Gasteiger partial charge in [0.05, 0.1) is 22.1 Å². The number of rotatable bonds is 4. The zero-order valence-electron chi connectivity index (χ0n) is 20.2. The quantitative estimate of drug-likeness (QED) is 0.542. The number of halogens is 1. The van der Waals surface area contributed by atoms with Crippen molar-refractivity contribution >= 4 is 29.2 Å². The van der Waals surface area contributed by atoms with Crippen LogP contribution >= 0.6 is 11.6 Å². The van der Waals surface area contributed by atoms with E-state index in [4.69, 9.17) is 11.6 Å². The number of carbonyl (C=O) groups excluding carboxylic acids is 2. The minimum atomic E-state index is -0.170. The molecule has 1 fully saturated rings. The molecule has 0 N–H and O–H groups in total. The summed E-state index contributed by atoms with van der Waals surface area (Å²) in [6, 6.07) is 17.4. The number of amides is 2. The highest BCUT2D eigenvalue weighted by Gasteiger charge is 2.36. The summed E-state index contributed by atoms with van der Waals surface area (Å²) < 4.78 is 0. The number of anilines is 1. The lowest BCUT2D eigenvalue weighted by molar-refractivity contribution is -0.133. The molecule has 182 valence electrons. The zero-order chi connectivity index (χ0) is 25.4. The van der Waals surface area contributed by atoms with Gasteiger partial charge in [-0.15, -0.1) is 0 Å². The molecule has 1 saturated heterocycles. The van der Waals surface area contributed by atoms with Gasteiger partial charge in [0.15, 0.2) is 0 Å². The lowest BCUT2D eigenvalue weighted by atomic mass is 9.77. The average molecular weight is 500 g/mol. The lowest BCUT2D eigenvalue weighted by Crippen LogP contribution is -2.51. The van der Waals surface area contributed by atoms with Gasteiger partial charge in [-0.3, -0.25) is 9.59 Å². The number of hydrogen-bond acceptors (Lipinski definition) is 5. The van der Waals surface area contributed by atoms with E-state index in [1.807, 2.05) is 29.2 Å². The molecule has 1 aliphatic heterocycles. The highest BCUT2D eigenvalue weighted by molar-refractivity contribution is 6.34. The molecule has 3 aromatic rings. The number of nitriles is 1. The Kier molecular flexibility index (Phi) is 6.38. The third kappa shape index (κ3) is 4.29. The molecule has 2 aliphatic rings. The van der Waals surface area contributed by atoms with Crippen molar-refractivity contribution in [1.29, 1.82) is 5.26 Å². The van der Waals surface area contributed by atoms with Crippen LogP contribution in [0.1, 0.15) is 33.0 Å². The zero-order valence-corrected chi connectivity index (χ0v) is 21.0. The Morgan fingerprint density at radius 2 is 1.81 bits per heavy atom. The third-order valence-corrected chi connectivity index (χ3v) is 7.28. The van der Waals surface area contributed by atoms with E-state index in [-0.39, 0.29) is 17.7 Å². The first kappa shape index (κ1) is 23.8. The first-order valence-electron chi connectivity index (χ1n) is 11.9. The number of pyridine rings is 1. The van der Waals surface area contributed by atoms with Crippen LogP contribution in [0.25, 0.3) is 11.1 Å². The maximum Gasteiger partial charge on any atom is 0.254 e. The normalized spacial score (nSPS) is 16.6. The minimum absolute atomic E-state index is 0.0361. The minimum Gasteiger partial charge on any atom is -0.352 e. The highest BCUT2D eigenvalue weighted by Crippen LogP contribution is 2.36. The second-order valence-electron chi connectivity index (χ2n) is 9.37. The fourth-order valence-corrected chi connectivity index (χ4v) is 5.16. The standard InChI is InChI=1S/C28H26ClN5O2/c1-32(2)27(35)23-8-7-18(15-25(23)29)21-13-20(16-30)26(31-17-21)33-9-11-34(12-10-33)28(36)24-14-19-5-3-4-6-22(19)24/h3-8,13,15,17,24H,9-12,14H2,1-2H3. The first-order valence-corrected chi connectivity index (χ1v) is 12.3. The highest BCUT2D eigenvalue weighted by atomic mass is 35.5. The molecular weight excluding hydrogens is 474 g/mol. The van der Waals surface area contributed by atoms with E-state index in [2.05, 4.69) is 22.0 Å². The van der Waals surface area contributed by atoms with Crippen LogP contribution in [-0.2, 0) is 11.2 Å². The molecular formula is C28H26ClN5O2. The van der Waals surface area contributed by atoms with Crippen molar-refractivity contribution in [1.82, 2.24) is 14.8 Å². The van der Waals surface area contributed by atoms with E-state index >= 15 is 0 Å². The number of carbonyl (C=O) groups is 2. The van der Waals surface area contributed by atoms with Crippen LogP contribution in [0, 0.1) is 11.3 Å². The molecule has 36 heavy (non-hydrogen) atoms. The van der Waals surface area contributed by atoms with Gasteiger partial charge in [-0.25, -0.2) is 4.98 Å². The summed E-state index contributed by atoms with van der Waals surface area (Å²) in [7, 11) is 3.35. The predicted molar refractivity (Wildman–Crippen MR) is 139 cm³/mol. The van der Waals surface area contributed by atoms with Crippen LogP contribution < -0.4 is 4.90 Å². The van der Waals surface area contributed by atoms with Crippen LogP contribution in [-0.4, -0.2) is 66.9 Å². The fraction of sp³-hybridized carbons (Fsp3) is 0.286. The van der Waals surface area contributed by atoms with Crippen LogP contribution in [0.2, 0.25) is 5.02 Å². The Labute approximate surface area is 215 Å². The van der Waals surface area contributed by atoms with Crippen molar-refractivity contribution in [3.63, 3.8) is 0 Å². The van der Waals surface area contributed by atoms with Crippen LogP contribution in [0.3, 0.4) is 0 Å². The molecule has 2 aromatic carbocycles. The molecule has 0 radical (unpaired) electrons. The number of piperazine rings is 1. The van der Waals surface area contributed by atoms with Gasteiger partial charge in [-0.2, -0.15) is 5.26 Å². The summed E-state index contributed by atoms with van der Waals surface area (Å²) in [6.45, 7) is 2.44. The topological polar surface area (TPSA) is 80.5 Å². The number of fused-ring (bicyclic) bond motifs is 1. The number of benzene rings is 2. The molecule has 2 amide bonds. The van der Waals surface area contributed by atoms with E-state index in [0.29, 0.717) is 48.1 Å². The van der Waals surface area contributed by atoms with Crippen molar-refractivity contribution in [3.8, 4) is 17.2 Å². The van der Waals surface area contributed by atoms with Crippen LogP contribution in [0.4, 0.5) is 5.82 Å². The molecule has 8 heteroatoms. The van der Waals surface area contributed by atoms with Crippen LogP contribution in [0.5, 0.6) is 0 Å². The SMILES string of the molecule is CN(C)C(=O)c1ccc(-c2cnc(N3CCN(C(=O)C4Cc5ccccc54)CC3)c(C#N)c2)cc1Cl. The average Bonchev–Trinajstić information content (AvgIpc) is 2.88. The molecule has 0 bridgehead atoms. The predicted octanol–water partition coefficient (Wildman–Crippen LogP) is 3.96. The van der Waals surface area contributed by atoms with E-state index < -0.39 is 0 Å². The van der Waals surface area contributed by atoms with Gasteiger partial charge in [0.2, 0.25) is 5.91 Å². The second kappa shape index (κ2) is 9.63. The monoisotopic (exact) mass is 499 g/mol. The molecule has 2 heterocycles. The van der Waals surface area contributed by atoms with Crippen molar-refractivity contribution in [2.45, 2.75) is 12.3 Å². The Balaban J connectivity index is 1.28. The summed E-state index contributed by atoms with van der Waals surface area (Å²) >= 11 is 6.38. The molecule has 7 nitrogen and oxygen atoms in total. The van der Waals surface area contributed by atoms with Gasteiger partial charge in [0.25, 0.3) is 5.91 Å². The van der Waals surface area contributed by atoms with Crippen molar-refractivity contribution in [2.24, 2.45) is 0 Å². The second-order valence-corrected chi connectivity index (χ2v) is 9.78. The maximum atomic E-state index is 13.0. The van der Waals surface area contributed by atoms with E-state index in [9.17, 15) is 14.9 Å². The number of aromatic nitrogens is 1. The summed E-state index contributed by atoms with van der Waals surface area (Å²) in [5, 5.41) is 10.2. The Morgan fingerprint density at radius 3 is 2.47 bits per heavy atom. The molecule has 1 atom stereocenters. The van der Waals surface area contributed by atoms with Gasteiger partial charge in [0.1, 0.15) is 11.9 Å². The van der Waals surface area contributed by atoms with Gasteiger partial charge >= 0.3 is 0 Å². The van der Waals surface area contributed by atoms with E-state index in [1.165, 1.54) is 10.5 Å². The molecule has 0 saturated carbocycles. The number of nitrogens with zero attached hydrogens (tertiary/aromatic N) is 5. The molecule has 5 rings (SSSR count). The summed E-state index contributed by atoms with van der Waals surface area (Å²) in [4.78, 5) is 35.4. The lowest BCUT2D eigenvalue weighted by Gasteiger charge is -2.39. The Hall–Kier alpha value is -3.89. The maximum absolute atomic E-state index is 13.0. The van der Waals surface area contributed by atoms with E-state index in [0.717, 1.165) is 23.1 Å². The Bertz CT molecular complexity index is 1390. The van der Waals surface area contributed by atoms with Gasteiger partial charge in [-0.1, -0.05) is 41.9 Å². The first-order chi connectivity index (χ1) is 17.4. The van der Waals surface area contributed by atoms with Crippen molar-refractivity contribution < 1.29 is 9.59 Å². The molecule has 1 aromatic heterocycles. The summed E-state index contributed by atoms with van der Waals surface area (Å²) in [5.74, 6) is 0.598. The molecule has 1 aliphatic carbocycles. The number of hydrogen-bond donors (Lipinski definition) is 0. The van der Waals surface area contributed by atoms with Gasteiger partial charge in [-0.05, 0) is 41.3 Å². The van der Waals surface area contributed by atoms with Gasteiger partial charge < -0.3 is 14.7 Å². The van der Waals surface area contributed by atoms with E-state index in [1.54, 1.807) is 38.5 Å². The van der Waals surface area contributed by atoms with Gasteiger partial charge in [0, 0.05) is 52.0 Å². The summed E-state index contributed by atoms with van der Waals surface area (Å²) in [6.07, 6.45) is 2.53. The third-order valence-electron chi connectivity index (χ3n) is 6.97. The molecule has 1 unspecified atom stereocenters. The van der Waals surface area contributed by atoms with Crippen molar-refractivity contribution in [2.75, 3.05) is 45.2 Å².